The Balaban J connectivity index is 1.78. The highest BCUT2D eigenvalue weighted by Gasteiger charge is 2.26. The predicted molar refractivity (Wildman–Crippen MR) is 129 cm³/mol. The van der Waals surface area contributed by atoms with Crippen LogP contribution in [0.1, 0.15) is 30.9 Å². The topological polar surface area (TPSA) is 75.3 Å². The van der Waals surface area contributed by atoms with Crippen LogP contribution in [0.25, 0.3) is 0 Å². The van der Waals surface area contributed by atoms with Gasteiger partial charge in [-0.05, 0) is 66.8 Å². The van der Waals surface area contributed by atoms with E-state index in [1.165, 1.54) is 29.8 Å². The van der Waals surface area contributed by atoms with Crippen LogP contribution in [0.3, 0.4) is 0 Å². The number of unbranched alkanes of at least 4 members (excludes halogenated alkanes) is 1. The van der Waals surface area contributed by atoms with E-state index in [9.17, 15) is 13.2 Å². The fraction of sp³-hybridized carbons (Fsp3) is 0.240. The maximum Gasteiger partial charge on any atom is 0.242 e. The van der Waals surface area contributed by atoms with Gasteiger partial charge in [-0.25, -0.2) is 8.42 Å². The van der Waals surface area contributed by atoms with Crippen molar-refractivity contribution in [2.75, 3.05) is 5.32 Å². The van der Waals surface area contributed by atoms with E-state index in [0.29, 0.717) is 10.7 Å². The number of halogens is 1. The van der Waals surface area contributed by atoms with Crippen LogP contribution in [0.2, 0.25) is 5.02 Å². The largest absolute Gasteiger partial charge is 0.325 e. The van der Waals surface area contributed by atoms with Crippen molar-refractivity contribution in [2.45, 2.75) is 43.5 Å². The summed E-state index contributed by atoms with van der Waals surface area (Å²) in [6.45, 7) is 2.15. The lowest BCUT2D eigenvalue weighted by Crippen LogP contribution is -2.45. The first kappa shape index (κ1) is 24.0. The molecule has 0 aliphatic rings. The normalized spacial score (nSPS) is 12.3. The van der Waals surface area contributed by atoms with Gasteiger partial charge in [0.05, 0.1) is 4.90 Å². The molecule has 0 heterocycles. The van der Waals surface area contributed by atoms with Gasteiger partial charge < -0.3 is 5.32 Å². The molecule has 5 nitrogen and oxygen atoms in total. The average Bonchev–Trinajstić information content (AvgIpc) is 2.79. The number of carbonyl (C=O) groups is 1. The molecule has 0 aliphatic carbocycles. The Labute approximate surface area is 194 Å². The summed E-state index contributed by atoms with van der Waals surface area (Å²) in [6, 6.07) is 21.8. The zero-order valence-electron chi connectivity index (χ0n) is 17.9. The monoisotopic (exact) mass is 470 g/mol. The molecule has 0 bridgehead atoms. The summed E-state index contributed by atoms with van der Waals surface area (Å²) in [6.07, 6.45) is 3.43. The van der Waals surface area contributed by atoms with Crippen LogP contribution in [0, 0.1) is 0 Å². The van der Waals surface area contributed by atoms with Crippen molar-refractivity contribution in [1.82, 2.24) is 4.72 Å². The van der Waals surface area contributed by atoms with Crippen LogP contribution >= 0.6 is 11.6 Å². The molecule has 1 unspecified atom stereocenters. The molecule has 1 amide bonds. The highest BCUT2D eigenvalue weighted by atomic mass is 35.5. The first-order chi connectivity index (χ1) is 15.4. The van der Waals surface area contributed by atoms with Gasteiger partial charge >= 0.3 is 0 Å². The molecule has 32 heavy (non-hydrogen) atoms. The van der Waals surface area contributed by atoms with E-state index in [4.69, 9.17) is 11.6 Å². The van der Waals surface area contributed by atoms with Gasteiger partial charge in [-0.2, -0.15) is 4.72 Å². The third kappa shape index (κ3) is 6.92. The standard InChI is InChI=1S/C25H27ClN2O3S/c1-2-3-7-19-10-14-22(15-11-19)27-25(29)24(18-20-8-5-4-6-9-20)28-32(30,31)23-16-12-21(26)13-17-23/h4-6,8-17,24,28H,2-3,7,18H2,1H3,(H,27,29). The Kier molecular flexibility index (Phi) is 8.45. The highest BCUT2D eigenvalue weighted by molar-refractivity contribution is 7.89. The third-order valence-electron chi connectivity index (χ3n) is 5.06. The van der Waals surface area contributed by atoms with E-state index in [2.05, 4.69) is 17.0 Å². The van der Waals surface area contributed by atoms with Crippen LogP contribution in [0.5, 0.6) is 0 Å². The lowest BCUT2D eigenvalue weighted by molar-refractivity contribution is -0.117. The molecule has 2 N–H and O–H groups in total. The molecule has 0 fully saturated rings. The highest BCUT2D eigenvalue weighted by Crippen LogP contribution is 2.17. The first-order valence-corrected chi connectivity index (χ1v) is 12.4. The first-order valence-electron chi connectivity index (χ1n) is 10.6. The number of benzene rings is 3. The fourth-order valence-electron chi connectivity index (χ4n) is 3.27. The number of nitrogens with one attached hydrogen (secondary N) is 2. The molecule has 168 valence electrons. The van der Waals surface area contributed by atoms with Crippen molar-refractivity contribution >= 4 is 33.2 Å². The number of carbonyl (C=O) groups excluding carboxylic acids is 1. The minimum Gasteiger partial charge on any atom is -0.325 e. The second-order valence-corrected chi connectivity index (χ2v) is 9.76. The molecule has 3 rings (SSSR count). The SMILES string of the molecule is CCCCc1ccc(NC(=O)C(Cc2ccccc2)NS(=O)(=O)c2ccc(Cl)cc2)cc1. The molecule has 1 atom stereocenters. The summed E-state index contributed by atoms with van der Waals surface area (Å²) in [5, 5.41) is 3.28. The molecule has 3 aromatic rings. The average molecular weight is 471 g/mol. The summed E-state index contributed by atoms with van der Waals surface area (Å²) in [4.78, 5) is 13.1. The maximum absolute atomic E-state index is 13.1. The van der Waals surface area contributed by atoms with E-state index in [1.54, 1.807) is 0 Å². The smallest absolute Gasteiger partial charge is 0.242 e. The molecular formula is C25H27ClN2O3S. The van der Waals surface area contributed by atoms with E-state index in [1.807, 2.05) is 54.6 Å². The molecule has 0 saturated heterocycles. The number of anilines is 1. The van der Waals surface area contributed by atoms with Crippen LogP contribution in [-0.4, -0.2) is 20.4 Å². The van der Waals surface area contributed by atoms with Crippen LogP contribution in [-0.2, 0) is 27.7 Å². The molecule has 0 aromatic heterocycles. The lowest BCUT2D eigenvalue weighted by atomic mass is 10.1. The molecule has 0 radical (unpaired) electrons. The molecule has 0 spiro atoms. The Hall–Kier alpha value is -2.67. The van der Waals surface area contributed by atoms with Gasteiger partial charge in [-0.1, -0.05) is 67.4 Å². The predicted octanol–water partition coefficient (Wildman–Crippen LogP) is 5.21. The van der Waals surface area contributed by atoms with E-state index >= 15 is 0 Å². The number of aryl methyl sites for hydroxylation is 1. The summed E-state index contributed by atoms with van der Waals surface area (Å²) in [7, 11) is -3.92. The number of sulfonamides is 1. The van der Waals surface area contributed by atoms with Crippen molar-refractivity contribution in [1.29, 1.82) is 0 Å². The molecule has 0 saturated carbocycles. The fourth-order valence-corrected chi connectivity index (χ4v) is 4.59. The second kappa shape index (κ2) is 11.3. The Bertz CT molecular complexity index is 1120. The number of hydrogen-bond acceptors (Lipinski definition) is 3. The van der Waals surface area contributed by atoms with Crippen molar-refractivity contribution in [3.63, 3.8) is 0 Å². The van der Waals surface area contributed by atoms with Crippen LogP contribution in [0.15, 0.2) is 83.8 Å². The van der Waals surface area contributed by atoms with Gasteiger partial charge in [-0.3, -0.25) is 4.79 Å². The zero-order valence-corrected chi connectivity index (χ0v) is 19.5. The van der Waals surface area contributed by atoms with Gasteiger partial charge in [0, 0.05) is 10.7 Å². The maximum atomic E-state index is 13.1. The molecular weight excluding hydrogens is 444 g/mol. The number of amides is 1. The van der Waals surface area contributed by atoms with Crippen LogP contribution < -0.4 is 10.0 Å². The van der Waals surface area contributed by atoms with E-state index in [-0.39, 0.29) is 11.3 Å². The van der Waals surface area contributed by atoms with Gasteiger partial charge in [0.1, 0.15) is 6.04 Å². The lowest BCUT2D eigenvalue weighted by Gasteiger charge is -2.19. The van der Waals surface area contributed by atoms with Gasteiger partial charge in [0.25, 0.3) is 0 Å². The van der Waals surface area contributed by atoms with Crippen LogP contribution in [0.4, 0.5) is 5.69 Å². The summed E-state index contributed by atoms with van der Waals surface area (Å²) >= 11 is 5.88. The summed E-state index contributed by atoms with van der Waals surface area (Å²) in [5.41, 5.74) is 2.68. The zero-order chi connectivity index (χ0) is 23.0. The van der Waals surface area contributed by atoms with Crippen molar-refractivity contribution < 1.29 is 13.2 Å². The van der Waals surface area contributed by atoms with E-state index < -0.39 is 22.0 Å². The van der Waals surface area contributed by atoms with Crippen molar-refractivity contribution in [3.05, 3.63) is 95.0 Å². The molecule has 0 aliphatic heterocycles. The molecule has 3 aromatic carbocycles. The second-order valence-electron chi connectivity index (χ2n) is 7.61. The van der Waals surface area contributed by atoms with Gasteiger partial charge in [0.2, 0.25) is 15.9 Å². The Morgan fingerprint density at radius 1 is 0.906 bits per heavy atom. The summed E-state index contributed by atoms with van der Waals surface area (Å²) < 4.78 is 28.4. The molecule has 7 heteroatoms. The van der Waals surface area contributed by atoms with Gasteiger partial charge in [0.15, 0.2) is 0 Å². The van der Waals surface area contributed by atoms with Crippen molar-refractivity contribution in [2.24, 2.45) is 0 Å². The third-order valence-corrected chi connectivity index (χ3v) is 6.80. The minimum atomic E-state index is -3.92. The Morgan fingerprint density at radius 3 is 2.19 bits per heavy atom. The quantitative estimate of drug-likeness (QED) is 0.427. The van der Waals surface area contributed by atoms with Gasteiger partial charge in [-0.15, -0.1) is 0 Å². The summed E-state index contributed by atoms with van der Waals surface area (Å²) in [5.74, 6) is -0.423. The number of rotatable bonds is 10. The minimum absolute atomic E-state index is 0.0491. The van der Waals surface area contributed by atoms with Crippen molar-refractivity contribution in [3.8, 4) is 0 Å². The Morgan fingerprint density at radius 2 is 1.56 bits per heavy atom. The number of hydrogen-bond donors (Lipinski definition) is 2. The van der Waals surface area contributed by atoms with E-state index in [0.717, 1.165) is 24.8 Å².